The summed E-state index contributed by atoms with van der Waals surface area (Å²) in [5.74, 6) is -1.08. The average Bonchev–Trinajstić information content (AvgIpc) is 2.99. The van der Waals surface area contributed by atoms with Crippen LogP contribution in [0.25, 0.3) is 32.9 Å². The summed E-state index contributed by atoms with van der Waals surface area (Å²) in [6, 6.07) is 20.7. The Bertz CT molecular complexity index is 1900. The summed E-state index contributed by atoms with van der Waals surface area (Å²) in [5, 5.41) is 23.0. The number of nitro groups is 1. The number of fused-ring (bicyclic) bond motifs is 2. The van der Waals surface area contributed by atoms with Crippen LogP contribution in [0, 0.1) is 24.0 Å². The number of rotatable bonds is 9. The average molecular weight is 582 g/mol. The second kappa shape index (κ2) is 11.8. The summed E-state index contributed by atoms with van der Waals surface area (Å²) >= 11 is 0. The highest BCUT2D eigenvalue weighted by Crippen LogP contribution is 2.44. The van der Waals surface area contributed by atoms with Crippen molar-refractivity contribution in [2.24, 2.45) is 7.05 Å². The Kier molecular flexibility index (Phi) is 7.94. The van der Waals surface area contributed by atoms with Gasteiger partial charge in [-0.15, -0.1) is 0 Å². The Morgan fingerprint density at radius 1 is 0.930 bits per heavy atom. The topological polar surface area (TPSA) is 129 Å². The molecular weight excluding hydrogens is 552 g/mol. The molecule has 4 aromatic carbocycles. The summed E-state index contributed by atoms with van der Waals surface area (Å²) in [4.78, 5) is 36.8. The Morgan fingerprint density at radius 3 is 2.23 bits per heavy atom. The standard InChI is InChI=1S/C33H28N2O8/c1-19-14-22(35(39)40)15-20(2)29(19)32-27(42-18-28(36)43-17-21-8-6-5-7-9-21)13-12-26-31(32)30(33(37)38)24-16-23(41-4)10-11-25(24)34(26)3/h5-16H,17-18H2,1-4H3/p+1. The monoisotopic (exact) mass is 581 g/mol. The zero-order valence-corrected chi connectivity index (χ0v) is 24.0. The zero-order valence-electron chi connectivity index (χ0n) is 24.0. The van der Waals surface area contributed by atoms with Crippen molar-refractivity contribution in [2.75, 3.05) is 13.7 Å². The van der Waals surface area contributed by atoms with Crippen molar-refractivity contribution in [2.45, 2.75) is 20.5 Å². The number of carbonyl (C=O) groups is 2. The Morgan fingerprint density at radius 2 is 1.60 bits per heavy atom. The molecule has 0 saturated carbocycles. The van der Waals surface area contributed by atoms with E-state index in [2.05, 4.69) is 0 Å². The van der Waals surface area contributed by atoms with E-state index in [-0.39, 0.29) is 23.6 Å². The highest BCUT2D eigenvalue weighted by atomic mass is 16.6. The molecular formula is C33H29N2O8+. The van der Waals surface area contributed by atoms with Crippen molar-refractivity contribution in [1.82, 2.24) is 0 Å². The van der Waals surface area contributed by atoms with Gasteiger partial charge >= 0.3 is 11.9 Å². The van der Waals surface area contributed by atoms with Gasteiger partial charge in [-0.3, -0.25) is 10.1 Å². The minimum absolute atomic E-state index is 0.00579. The third-order valence-electron chi connectivity index (χ3n) is 7.37. The van der Waals surface area contributed by atoms with Crippen molar-refractivity contribution in [1.29, 1.82) is 0 Å². The van der Waals surface area contributed by atoms with E-state index in [1.54, 1.807) is 44.2 Å². The van der Waals surface area contributed by atoms with Crippen LogP contribution in [0.3, 0.4) is 0 Å². The summed E-state index contributed by atoms with van der Waals surface area (Å²) in [7, 11) is 3.32. The van der Waals surface area contributed by atoms with Gasteiger partial charge in [0.05, 0.1) is 28.4 Å². The number of aromatic nitrogens is 1. The number of esters is 1. The summed E-state index contributed by atoms with van der Waals surface area (Å²) in [6.07, 6.45) is 0. The largest absolute Gasteiger partial charge is 0.497 e. The lowest BCUT2D eigenvalue weighted by atomic mass is 9.88. The number of nitrogens with zero attached hydrogens (tertiary/aromatic N) is 2. The normalized spacial score (nSPS) is 11.0. The highest BCUT2D eigenvalue weighted by Gasteiger charge is 2.29. The number of nitro benzene ring substituents is 1. The number of hydrogen-bond acceptors (Lipinski definition) is 7. The van der Waals surface area contributed by atoms with Crippen LogP contribution in [-0.4, -0.2) is 35.7 Å². The first-order valence-electron chi connectivity index (χ1n) is 13.4. The van der Waals surface area contributed by atoms with E-state index in [1.807, 2.05) is 41.9 Å². The van der Waals surface area contributed by atoms with Crippen molar-refractivity contribution in [3.05, 3.63) is 105 Å². The minimum Gasteiger partial charge on any atom is -0.497 e. The van der Waals surface area contributed by atoms with Crippen LogP contribution in [0.15, 0.2) is 72.8 Å². The van der Waals surface area contributed by atoms with Crippen LogP contribution in [0.1, 0.15) is 27.0 Å². The number of aromatic carboxylic acids is 1. The number of methoxy groups -OCH3 is 1. The van der Waals surface area contributed by atoms with Crippen LogP contribution in [-0.2, 0) is 23.2 Å². The Hall–Kier alpha value is -5.51. The van der Waals surface area contributed by atoms with Crippen LogP contribution in [0.4, 0.5) is 5.69 Å². The molecule has 0 aliphatic carbocycles. The molecule has 0 saturated heterocycles. The maximum atomic E-state index is 13.0. The van der Waals surface area contributed by atoms with Gasteiger partial charge in [0, 0.05) is 29.8 Å². The molecule has 1 N–H and O–H groups in total. The molecule has 0 amide bonds. The second-order valence-electron chi connectivity index (χ2n) is 10.1. The van der Waals surface area contributed by atoms with Gasteiger partial charge < -0.3 is 19.3 Å². The lowest BCUT2D eigenvalue weighted by molar-refractivity contribution is -0.617. The van der Waals surface area contributed by atoms with Gasteiger partial charge in [0.2, 0.25) is 11.0 Å². The van der Waals surface area contributed by atoms with E-state index in [0.29, 0.717) is 49.8 Å². The molecule has 0 aliphatic heterocycles. The summed E-state index contributed by atoms with van der Waals surface area (Å²) < 4.78 is 18.7. The van der Waals surface area contributed by atoms with Gasteiger partial charge in [0.1, 0.15) is 25.2 Å². The van der Waals surface area contributed by atoms with Crippen molar-refractivity contribution < 1.29 is 38.4 Å². The molecule has 43 heavy (non-hydrogen) atoms. The number of aryl methyl sites for hydroxylation is 3. The fourth-order valence-corrected chi connectivity index (χ4v) is 5.45. The van der Waals surface area contributed by atoms with Crippen LogP contribution in [0.5, 0.6) is 11.5 Å². The molecule has 5 rings (SSSR count). The third-order valence-corrected chi connectivity index (χ3v) is 7.37. The predicted octanol–water partition coefficient (Wildman–Crippen LogP) is 5.84. The molecule has 0 bridgehead atoms. The van der Waals surface area contributed by atoms with E-state index in [9.17, 15) is 24.8 Å². The molecule has 10 nitrogen and oxygen atoms in total. The minimum atomic E-state index is -1.18. The number of hydrogen-bond donors (Lipinski definition) is 1. The zero-order chi connectivity index (χ0) is 30.8. The van der Waals surface area contributed by atoms with E-state index in [0.717, 1.165) is 5.56 Å². The van der Waals surface area contributed by atoms with E-state index >= 15 is 0 Å². The quantitative estimate of drug-likeness (QED) is 0.0756. The number of pyridine rings is 1. The SMILES string of the molecule is COc1ccc2c(c1)c(C(=O)O)c1c(-c3c(C)cc([N+](=O)[O-])cc3C)c(OCC(=O)OCc3ccccc3)ccc1[n+]2C. The Labute approximate surface area is 246 Å². The maximum absolute atomic E-state index is 13.0. The lowest BCUT2D eigenvalue weighted by Crippen LogP contribution is -2.31. The number of carboxylic acids is 1. The first-order chi connectivity index (χ1) is 20.6. The van der Waals surface area contributed by atoms with E-state index in [1.165, 1.54) is 19.2 Å². The summed E-state index contributed by atoms with van der Waals surface area (Å²) in [5.41, 5.74) is 4.02. The molecule has 1 aromatic heterocycles. The fraction of sp³-hybridized carbons (Fsp3) is 0.182. The van der Waals surface area contributed by atoms with Gasteiger partial charge in [0.15, 0.2) is 6.61 Å². The van der Waals surface area contributed by atoms with Crippen LogP contribution >= 0.6 is 0 Å². The molecule has 0 spiro atoms. The van der Waals surface area contributed by atoms with Gasteiger partial charge in [-0.25, -0.2) is 9.59 Å². The first kappa shape index (κ1) is 29.0. The number of benzene rings is 4. The fourth-order valence-electron chi connectivity index (χ4n) is 5.45. The lowest BCUT2D eigenvalue weighted by Gasteiger charge is -2.19. The number of ether oxygens (including phenoxy) is 3. The van der Waals surface area contributed by atoms with E-state index < -0.39 is 23.5 Å². The molecule has 0 atom stereocenters. The maximum Gasteiger partial charge on any atom is 0.344 e. The molecule has 0 fully saturated rings. The van der Waals surface area contributed by atoms with Crippen molar-refractivity contribution >= 4 is 39.4 Å². The molecule has 0 unspecified atom stereocenters. The smallest absolute Gasteiger partial charge is 0.344 e. The van der Waals surface area contributed by atoms with E-state index in [4.69, 9.17) is 14.2 Å². The molecule has 1 heterocycles. The van der Waals surface area contributed by atoms with Crippen LogP contribution < -0.4 is 14.0 Å². The molecule has 0 radical (unpaired) electrons. The third kappa shape index (κ3) is 5.54. The Balaban J connectivity index is 1.74. The van der Waals surface area contributed by atoms with Crippen LogP contribution in [0.2, 0.25) is 0 Å². The van der Waals surface area contributed by atoms with Crippen molar-refractivity contribution in [3.63, 3.8) is 0 Å². The summed E-state index contributed by atoms with van der Waals surface area (Å²) in [6.45, 7) is 3.07. The van der Waals surface area contributed by atoms with Gasteiger partial charge in [0.25, 0.3) is 5.69 Å². The molecule has 218 valence electrons. The van der Waals surface area contributed by atoms with Crippen molar-refractivity contribution in [3.8, 4) is 22.6 Å². The number of carbonyl (C=O) groups excluding carboxylic acids is 1. The first-order valence-corrected chi connectivity index (χ1v) is 13.4. The number of non-ortho nitro benzene ring substituents is 1. The van der Waals surface area contributed by atoms with Gasteiger partial charge in [-0.1, -0.05) is 30.3 Å². The molecule has 5 aromatic rings. The second-order valence-corrected chi connectivity index (χ2v) is 10.1. The van der Waals surface area contributed by atoms with Gasteiger partial charge in [-0.2, -0.15) is 4.57 Å². The van der Waals surface area contributed by atoms with Gasteiger partial charge in [-0.05, 0) is 54.3 Å². The number of carboxylic acid groups (broad SMARTS) is 1. The molecule has 0 aliphatic rings. The highest BCUT2D eigenvalue weighted by molar-refractivity contribution is 6.17. The predicted molar refractivity (Wildman–Crippen MR) is 159 cm³/mol. The molecule has 10 heteroatoms.